The van der Waals surface area contributed by atoms with E-state index in [1.165, 1.54) is 12.1 Å². The summed E-state index contributed by atoms with van der Waals surface area (Å²) in [6.07, 6.45) is 0.997. The van der Waals surface area contributed by atoms with Gasteiger partial charge in [0.25, 0.3) is 0 Å². The van der Waals surface area contributed by atoms with E-state index in [1.54, 1.807) is 17.8 Å². The zero-order chi connectivity index (χ0) is 16.7. The minimum Gasteiger partial charge on any atom is -0.425 e. The van der Waals surface area contributed by atoms with Crippen molar-refractivity contribution < 1.29 is 9.53 Å². The topological polar surface area (TPSA) is 50.1 Å². The monoisotopic (exact) mass is 365 g/mol. The molecule has 0 saturated carbocycles. The number of rotatable bonds is 6. The van der Waals surface area contributed by atoms with Gasteiger partial charge in [-0.05, 0) is 54.6 Å². The molecule has 0 aliphatic carbocycles. The fourth-order valence-electron chi connectivity index (χ4n) is 1.76. The number of benzene rings is 2. The molecular weight excluding hydrogens is 353 g/mol. The van der Waals surface area contributed by atoms with E-state index in [-0.39, 0.29) is 16.7 Å². The Morgan fingerprint density at radius 3 is 2.57 bits per heavy atom. The van der Waals surface area contributed by atoms with Gasteiger partial charge in [-0.2, -0.15) is 5.26 Å². The summed E-state index contributed by atoms with van der Waals surface area (Å²) < 4.78 is 5.21. The van der Waals surface area contributed by atoms with E-state index in [2.05, 4.69) is 0 Å². The molecule has 3 nitrogen and oxygen atoms in total. The molecule has 0 atom stereocenters. The summed E-state index contributed by atoms with van der Waals surface area (Å²) in [5.41, 5.74) is 0.425. The molecule has 2 rings (SSSR count). The number of nitrogens with zero attached hydrogens (tertiary/aromatic N) is 1. The minimum absolute atomic E-state index is 0.257. The molecule has 0 aliphatic heterocycles. The van der Waals surface area contributed by atoms with Crippen LogP contribution in [0.2, 0.25) is 10.0 Å². The van der Waals surface area contributed by atoms with Gasteiger partial charge in [0.05, 0.1) is 16.7 Å². The number of thioether (sulfide) groups is 1. The highest BCUT2D eigenvalue weighted by Gasteiger charge is 2.09. The summed E-state index contributed by atoms with van der Waals surface area (Å²) in [6.45, 7) is 0. The molecule has 0 radical (unpaired) electrons. The van der Waals surface area contributed by atoms with Crippen LogP contribution in [-0.2, 0) is 4.79 Å². The van der Waals surface area contributed by atoms with Crippen molar-refractivity contribution in [3.63, 3.8) is 0 Å². The van der Waals surface area contributed by atoms with E-state index < -0.39 is 0 Å². The molecule has 6 heteroatoms. The predicted octanol–water partition coefficient (Wildman–Crippen LogP) is 5.34. The number of carbonyl (C=O) groups is 1. The zero-order valence-corrected chi connectivity index (χ0v) is 14.4. The quantitative estimate of drug-likeness (QED) is 0.300. The molecule has 0 bridgehead atoms. The smallest absolute Gasteiger partial charge is 0.311 e. The third kappa shape index (κ3) is 5.80. The molecule has 23 heavy (non-hydrogen) atoms. The first-order chi connectivity index (χ1) is 11.1. The highest BCUT2D eigenvalue weighted by molar-refractivity contribution is 7.99. The van der Waals surface area contributed by atoms with Gasteiger partial charge >= 0.3 is 5.97 Å². The molecule has 118 valence electrons. The zero-order valence-electron chi connectivity index (χ0n) is 12.1. The van der Waals surface area contributed by atoms with Crippen molar-refractivity contribution in [1.82, 2.24) is 0 Å². The van der Waals surface area contributed by atoms with Crippen molar-refractivity contribution in [2.24, 2.45) is 0 Å². The second kappa shape index (κ2) is 8.83. The SMILES string of the molecule is N#Cc1ccc(OC(=O)CCCSc2ccc(Cl)cc2)c(Cl)c1. The number of carbonyl (C=O) groups excluding carboxylic acids is 1. The summed E-state index contributed by atoms with van der Waals surface area (Å²) in [5.74, 6) is 0.743. The third-order valence-electron chi connectivity index (χ3n) is 2.89. The molecule has 0 saturated heterocycles. The van der Waals surface area contributed by atoms with Gasteiger partial charge in [0.2, 0.25) is 0 Å². The fraction of sp³-hybridized carbons (Fsp3) is 0.176. The van der Waals surface area contributed by atoms with Crippen molar-refractivity contribution >= 4 is 40.9 Å². The van der Waals surface area contributed by atoms with E-state index in [1.807, 2.05) is 30.3 Å². The number of halogens is 2. The van der Waals surface area contributed by atoms with Crippen LogP contribution in [0, 0.1) is 11.3 Å². The molecule has 0 aliphatic rings. The second-order valence-electron chi connectivity index (χ2n) is 4.64. The van der Waals surface area contributed by atoms with Crippen LogP contribution >= 0.6 is 35.0 Å². The lowest BCUT2D eigenvalue weighted by Gasteiger charge is -2.06. The van der Waals surface area contributed by atoms with E-state index in [9.17, 15) is 4.79 Å². The number of hydrogen-bond acceptors (Lipinski definition) is 4. The van der Waals surface area contributed by atoms with Gasteiger partial charge in [0, 0.05) is 16.3 Å². The van der Waals surface area contributed by atoms with Crippen LogP contribution in [0.5, 0.6) is 5.75 Å². The molecule has 0 N–H and O–H groups in total. The Morgan fingerprint density at radius 1 is 1.17 bits per heavy atom. The van der Waals surface area contributed by atoms with Crippen LogP contribution in [-0.4, -0.2) is 11.7 Å². The second-order valence-corrected chi connectivity index (χ2v) is 6.65. The lowest BCUT2D eigenvalue weighted by Crippen LogP contribution is -2.08. The fourth-order valence-corrected chi connectivity index (χ4v) is 2.96. The Labute approximate surface area is 149 Å². The molecule has 0 amide bonds. The van der Waals surface area contributed by atoms with Crippen LogP contribution < -0.4 is 4.74 Å². The van der Waals surface area contributed by atoms with Crippen molar-refractivity contribution in [1.29, 1.82) is 5.26 Å². The average Bonchev–Trinajstić information content (AvgIpc) is 2.55. The van der Waals surface area contributed by atoms with Crippen LogP contribution in [0.15, 0.2) is 47.4 Å². The molecule has 0 spiro atoms. The summed E-state index contributed by atoms with van der Waals surface area (Å²) in [6, 6.07) is 14.1. The summed E-state index contributed by atoms with van der Waals surface area (Å²) in [7, 11) is 0. The molecular formula is C17H13Cl2NO2S. The molecule has 0 fully saturated rings. The third-order valence-corrected chi connectivity index (χ3v) is 4.54. The van der Waals surface area contributed by atoms with E-state index in [4.69, 9.17) is 33.2 Å². The number of esters is 1. The van der Waals surface area contributed by atoms with E-state index in [0.29, 0.717) is 23.4 Å². The Hall–Kier alpha value is -1.67. The van der Waals surface area contributed by atoms with Crippen LogP contribution in [0.1, 0.15) is 18.4 Å². The summed E-state index contributed by atoms with van der Waals surface area (Å²) in [5, 5.41) is 9.72. The predicted molar refractivity (Wildman–Crippen MR) is 93.2 cm³/mol. The van der Waals surface area contributed by atoms with Crippen molar-refractivity contribution in [3.8, 4) is 11.8 Å². The minimum atomic E-state index is -0.340. The van der Waals surface area contributed by atoms with Gasteiger partial charge in [-0.3, -0.25) is 4.79 Å². The maximum absolute atomic E-state index is 11.8. The summed E-state index contributed by atoms with van der Waals surface area (Å²) in [4.78, 5) is 12.9. The lowest BCUT2D eigenvalue weighted by atomic mass is 10.2. The van der Waals surface area contributed by atoms with Gasteiger partial charge in [0.1, 0.15) is 5.75 Å². The van der Waals surface area contributed by atoms with Crippen LogP contribution in [0.3, 0.4) is 0 Å². The first-order valence-electron chi connectivity index (χ1n) is 6.87. The largest absolute Gasteiger partial charge is 0.425 e. The van der Waals surface area contributed by atoms with Crippen molar-refractivity contribution in [2.75, 3.05) is 5.75 Å². The Bertz CT molecular complexity index is 726. The van der Waals surface area contributed by atoms with Crippen molar-refractivity contribution in [3.05, 3.63) is 58.1 Å². The Kier molecular flexibility index (Phi) is 6.79. The number of hydrogen-bond donors (Lipinski definition) is 0. The highest BCUT2D eigenvalue weighted by atomic mass is 35.5. The van der Waals surface area contributed by atoms with Gasteiger partial charge in [-0.25, -0.2) is 0 Å². The molecule has 2 aromatic carbocycles. The first kappa shape index (κ1) is 17.7. The van der Waals surface area contributed by atoms with Crippen molar-refractivity contribution in [2.45, 2.75) is 17.7 Å². The van der Waals surface area contributed by atoms with E-state index in [0.717, 1.165) is 10.6 Å². The normalized spacial score (nSPS) is 10.1. The van der Waals surface area contributed by atoms with E-state index >= 15 is 0 Å². The molecule has 0 aromatic heterocycles. The highest BCUT2D eigenvalue weighted by Crippen LogP contribution is 2.26. The van der Waals surface area contributed by atoms with Crippen LogP contribution in [0.25, 0.3) is 0 Å². The standard InChI is InChI=1S/C17H13Cl2NO2S/c18-13-4-6-14(7-5-13)23-9-1-2-17(21)22-16-8-3-12(11-20)10-15(16)19/h3-8,10H,1-2,9H2. The van der Waals surface area contributed by atoms with Gasteiger partial charge in [0.15, 0.2) is 0 Å². The number of ether oxygens (including phenoxy) is 1. The van der Waals surface area contributed by atoms with Crippen LogP contribution in [0.4, 0.5) is 0 Å². The Morgan fingerprint density at radius 2 is 1.91 bits per heavy atom. The molecule has 0 heterocycles. The lowest BCUT2D eigenvalue weighted by molar-refractivity contribution is -0.134. The van der Waals surface area contributed by atoms with Gasteiger partial charge < -0.3 is 4.74 Å². The van der Waals surface area contributed by atoms with Gasteiger partial charge in [-0.1, -0.05) is 23.2 Å². The average molecular weight is 366 g/mol. The van der Waals surface area contributed by atoms with Gasteiger partial charge in [-0.15, -0.1) is 11.8 Å². The Balaban J connectivity index is 1.75. The molecule has 0 unspecified atom stereocenters. The molecule has 2 aromatic rings. The number of nitriles is 1. The maximum atomic E-state index is 11.8. The maximum Gasteiger partial charge on any atom is 0.311 e. The first-order valence-corrected chi connectivity index (χ1v) is 8.61. The summed E-state index contributed by atoms with van der Waals surface area (Å²) >= 11 is 13.4.